The average molecular weight is 615 g/mol. The lowest BCUT2D eigenvalue weighted by Gasteiger charge is -2.11. The van der Waals surface area contributed by atoms with Crippen molar-refractivity contribution in [3.8, 4) is 11.3 Å². The van der Waals surface area contributed by atoms with Crippen LogP contribution < -0.4 is 10.6 Å². The molecule has 0 spiro atoms. The number of H-pyrrole nitrogens is 1. The fraction of sp³-hybridized carbons (Fsp3) is 0.111. The van der Waals surface area contributed by atoms with Gasteiger partial charge in [-0.1, -0.05) is 46.6 Å². The Hall–Kier alpha value is -4.75. The lowest BCUT2D eigenvalue weighted by atomic mass is 10.1. The minimum absolute atomic E-state index is 0.0965. The van der Waals surface area contributed by atoms with Gasteiger partial charge in [-0.15, -0.1) is 10.2 Å². The van der Waals surface area contributed by atoms with Gasteiger partial charge in [0.2, 0.25) is 0 Å². The van der Waals surface area contributed by atoms with Crippen LogP contribution in [0.1, 0.15) is 37.8 Å². The maximum atomic E-state index is 13.3. The van der Waals surface area contributed by atoms with Crippen molar-refractivity contribution in [1.82, 2.24) is 35.7 Å². The monoisotopic (exact) mass is 614 g/mol. The Morgan fingerprint density at radius 3 is 2.29 bits per heavy atom. The number of tetrazole rings is 1. The van der Waals surface area contributed by atoms with E-state index >= 15 is 0 Å². The normalized spacial score (nSPS) is 11.4. The largest absolute Gasteiger partial charge is 0.416 e. The summed E-state index contributed by atoms with van der Waals surface area (Å²) >= 11 is 12.2. The second-order valence-corrected chi connectivity index (χ2v) is 9.75. The summed E-state index contributed by atoms with van der Waals surface area (Å²) in [7, 11) is 0. The smallest absolute Gasteiger partial charge is 0.345 e. The van der Waals surface area contributed by atoms with Gasteiger partial charge in [0.25, 0.3) is 11.8 Å². The number of carbonyl (C=O) groups excluding carboxylic acids is 2. The molecule has 214 valence electrons. The van der Waals surface area contributed by atoms with Crippen molar-refractivity contribution in [1.29, 1.82) is 0 Å². The van der Waals surface area contributed by atoms with E-state index in [0.29, 0.717) is 32.7 Å². The Kier molecular flexibility index (Phi) is 8.22. The number of nitrogens with zero attached hydrogens (tertiary/aromatic N) is 5. The minimum Gasteiger partial charge on any atom is -0.345 e. The lowest BCUT2D eigenvalue weighted by molar-refractivity contribution is -0.137. The molecule has 0 bridgehead atoms. The molecule has 42 heavy (non-hydrogen) atoms. The van der Waals surface area contributed by atoms with Crippen LogP contribution in [-0.2, 0) is 19.3 Å². The fourth-order valence-corrected chi connectivity index (χ4v) is 4.21. The number of nitrogens with one attached hydrogen (secondary N) is 3. The average Bonchev–Trinajstić information content (AvgIpc) is 3.64. The number of carbonyl (C=O) groups is 2. The van der Waals surface area contributed by atoms with Crippen LogP contribution in [0.4, 0.5) is 18.9 Å². The molecule has 10 nitrogen and oxygen atoms in total. The standard InChI is InChI=1S/C27H19Cl2F3N8O2/c28-20-10-5-17(11-21(20)29)22-12-23(26(42)34-19-8-6-18(7-9-19)27(30,31)32)40(37-22)14-15-1-3-16(4-2-15)25(41)33-13-24-35-38-39-36-24/h1-12H,13-14H2,(H,33,41)(H,34,42)(H,35,36,38,39). The quantitative estimate of drug-likeness (QED) is 0.208. The number of hydrogen-bond acceptors (Lipinski definition) is 6. The summed E-state index contributed by atoms with van der Waals surface area (Å²) in [5.74, 6) is -0.603. The van der Waals surface area contributed by atoms with Gasteiger partial charge in [-0.2, -0.15) is 23.5 Å². The Morgan fingerprint density at radius 1 is 0.905 bits per heavy atom. The van der Waals surface area contributed by atoms with E-state index in [-0.39, 0.29) is 30.4 Å². The number of rotatable bonds is 8. The van der Waals surface area contributed by atoms with E-state index in [2.05, 4.69) is 36.4 Å². The Labute approximate surface area is 245 Å². The van der Waals surface area contributed by atoms with Crippen molar-refractivity contribution in [2.75, 3.05) is 5.32 Å². The number of alkyl halides is 3. The van der Waals surface area contributed by atoms with Gasteiger partial charge >= 0.3 is 6.18 Å². The Balaban J connectivity index is 1.38. The molecule has 0 aliphatic heterocycles. The van der Waals surface area contributed by atoms with E-state index in [0.717, 1.165) is 17.7 Å². The maximum absolute atomic E-state index is 13.3. The van der Waals surface area contributed by atoms with Crippen LogP contribution in [0.25, 0.3) is 11.3 Å². The highest BCUT2D eigenvalue weighted by Gasteiger charge is 2.30. The topological polar surface area (TPSA) is 130 Å². The summed E-state index contributed by atoms with van der Waals surface area (Å²) < 4.78 is 40.3. The molecule has 15 heteroatoms. The minimum atomic E-state index is -4.50. The molecule has 2 aromatic heterocycles. The zero-order valence-corrected chi connectivity index (χ0v) is 22.8. The molecule has 2 amide bonds. The first kappa shape index (κ1) is 28.8. The van der Waals surface area contributed by atoms with Crippen LogP contribution in [-0.4, -0.2) is 42.2 Å². The zero-order chi connectivity index (χ0) is 29.9. The lowest BCUT2D eigenvalue weighted by Crippen LogP contribution is -2.23. The molecule has 3 N–H and O–H groups in total. The number of halogens is 5. The van der Waals surface area contributed by atoms with E-state index < -0.39 is 17.6 Å². The van der Waals surface area contributed by atoms with E-state index in [1.165, 1.54) is 16.8 Å². The number of anilines is 1. The van der Waals surface area contributed by atoms with Gasteiger partial charge in [0.15, 0.2) is 5.82 Å². The Morgan fingerprint density at radius 2 is 1.64 bits per heavy atom. The molecule has 5 rings (SSSR count). The summed E-state index contributed by atoms with van der Waals surface area (Å²) in [6, 6.07) is 17.2. The van der Waals surface area contributed by atoms with Crippen molar-refractivity contribution in [3.05, 3.63) is 111 Å². The molecule has 0 saturated heterocycles. The van der Waals surface area contributed by atoms with E-state index in [4.69, 9.17) is 23.2 Å². The summed E-state index contributed by atoms with van der Waals surface area (Å²) in [6.45, 7) is 0.237. The number of hydrogen-bond donors (Lipinski definition) is 3. The van der Waals surface area contributed by atoms with Gasteiger partial charge in [-0.05, 0) is 60.2 Å². The van der Waals surface area contributed by atoms with Gasteiger partial charge in [-0.3, -0.25) is 14.3 Å². The van der Waals surface area contributed by atoms with E-state index in [1.807, 2.05) is 0 Å². The van der Waals surface area contributed by atoms with Crippen LogP contribution in [0.5, 0.6) is 0 Å². The molecular formula is C27H19Cl2F3N8O2. The molecule has 0 saturated carbocycles. The van der Waals surface area contributed by atoms with Crippen LogP contribution in [0.3, 0.4) is 0 Å². The number of benzene rings is 3. The molecule has 0 atom stereocenters. The molecule has 0 aliphatic carbocycles. The van der Waals surface area contributed by atoms with E-state index in [1.54, 1.807) is 48.5 Å². The van der Waals surface area contributed by atoms with Gasteiger partial charge in [0, 0.05) is 16.8 Å². The number of amides is 2. The fourth-order valence-electron chi connectivity index (χ4n) is 3.91. The first-order valence-electron chi connectivity index (χ1n) is 12.2. The summed E-state index contributed by atoms with van der Waals surface area (Å²) in [5.41, 5.74) is 1.60. The van der Waals surface area contributed by atoms with E-state index in [9.17, 15) is 22.8 Å². The second kappa shape index (κ2) is 12.0. The highest BCUT2D eigenvalue weighted by Crippen LogP contribution is 2.31. The first-order chi connectivity index (χ1) is 20.1. The SMILES string of the molecule is O=C(NCc1nn[nH]n1)c1ccc(Cn2nc(-c3ccc(Cl)c(Cl)c3)cc2C(=O)Nc2ccc(C(F)(F)F)cc2)cc1. The van der Waals surface area contributed by atoms with Gasteiger partial charge < -0.3 is 10.6 Å². The van der Waals surface area contributed by atoms with Crippen molar-refractivity contribution in [2.24, 2.45) is 0 Å². The molecular weight excluding hydrogens is 596 g/mol. The molecule has 2 heterocycles. The molecule has 0 aliphatic rings. The Bertz CT molecular complexity index is 1720. The summed E-state index contributed by atoms with van der Waals surface area (Å²) in [5, 5.41) is 23.8. The van der Waals surface area contributed by atoms with Crippen molar-refractivity contribution in [2.45, 2.75) is 19.3 Å². The molecule has 5 aromatic rings. The van der Waals surface area contributed by atoms with Crippen molar-refractivity contribution >= 4 is 40.7 Å². The second-order valence-electron chi connectivity index (χ2n) is 8.94. The third-order valence-electron chi connectivity index (χ3n) is 6.04. The van der Waals surface area contributed by atoms with Crippen LogP contribution >= 0.6 is 23.2 Å². The molecule has 0 unspecified atom stereocenters. The van der Waals surface area contributed by atoms with Crippen molar-refractivity contribution in [3.63, 3.8) is 0 Å². The molecule has 0 fully saturated rings. The predicted molar refractivity (Wildman–Crippen MR) is 148 cm³/mol. The van der Waals surface area contributed by atoms with Gasteiger partial charge in [0.1, 0.15) is 5.69 Å². The first-order valence-corrected chi connectivity index (χ1v) is 12.9. The third kappa shape index (κ3) is 6.75. The number of aromatic nitrogens is 6. The van der Waals surface area contributed by atoms with Crippen LogP contribution in [0.15, 0.2) is 72.8 Å². The summed E-state index contributed by atoms with van der Waals surface area (Å²) in [4.78, 5) is 25.7. The van der Waals surface area contributed by atoms with Crippen LogP contribution in [0.2, 0.25) is 10.0 Å². The zero-order valence-electron chi connectivity index (χ0n) is 21.3. The highest BCUT2D eigenvalue weighted by atomic mass is 35.5. The molecule has 3 aromatic carbocycles. The van der Waals surface area contributed by atoms with Crippen molar-refractivity contribution < 1.29 is 22.8 Å². The van der Waals surface area contributed by atoms with Gasteiger partial charge in [0.05, 0.1) is 34.4 Å². The summed E-state index contributed by atoms with van der Waals surface area (Å²) in [6.07, 6.45) is -4.50. The highest BCUT2D eigenvalue weighted by molar-refractivity contribution is 6.42. The van der Waals surface area contributed by atoms with Gasteiger partial charge in [-0.25, -0.2) is 0 Å². The van der Waals surface area contributed by atoms with Crippen LogP contribution in [0, 0.1) is 0 Å². The predicted octanol–water partition coefficient (Wildman–Crippen LogP) is 5.62. The molecule has 0 radical (unpaired) electrons. The number of aromatic amines is 1. The maximum Gasteiger partial charge on any atom is 0.416 e. The third-order valence-corrected chi connectivity index (χ3v) is 6.78.